The maximum Gasteiger partial charge on any atom is 0.140 e. The number of aldehydes is 1. The van der Waals surface area contributed by atoms with Gasteiger partial charge in [-0.2, -0.15) is 0 Å². The molecule has 0 bridgehead atoms. The number of halogens is 1. The Hall–Kier alpha value is -0.280. The van der Waals surface area contributed by atoms with Gasteiger partial charge in [-0.15, -0.1) is 11.8 Å². The van der Waals surface area contributed by atoms with Crippen molar-refractivity contribution in [3.63, 3.8) is 0 Å². The topological polar surface area (TPSA) is 17.1 Å². The van der Waals surface area contributed by atoms with E-state index in [9.17, 15) is 4.79 Å². The fraction of sp³-hybridized carbons (Fsp3) is 0.417. The molecule has 0 N–H and O–H groups in total. The molecule has 0 aromatic heterocycles. The van der Waals surface area contributed by atoms with Gasteiger partial charge in [-0.25, -0.2) is 0 Å². The first-order valence-electron chi connectivity index (χ1n) is 4.73. The summed E-state index contributed by atoms with van der Waals surface area (Å²) in [5, 5.41) is 0. The monoisotopic (exact) mass is 286 g/mol. The maximum atomic E-state index is 11.0. The van der Waals surface area contributed by atoms with Crippen LogP contribution < -0.4 is 0 Å². The summed E-state index contributed by atoms with van der Waals surface area (Å²) < 4.78 is -0.571. The summed E-state index contributed by atoms with van der Waals surface area (Å²) in [5.74, 6) is 0. The second kappa shape index (κ2) is 4.71. The van der Waals surface area contributed by atoms with Crippen molar-refractivity contribution in [2.75, 3.05) is 6.26 Å². The van der Waals surface area contributed by atoms with Crippen molar-refractivity contribution >= 4 is 34.0 Å². The Balaban J connectivity index is 3.37. The van der Waals surface area contributed by atoms with Crippen molar-refractivity contribution in [3.05, 3.63) is 28.8 Å². The van der Waals surface area contributed by atoms with E-state index in [1.807, 2.05) is 20.8 Å². The van der Waals surface area contributed by atoms with Crippen LogP contribution in [0, 0.1) is 13.8 Å². The largest absolute Gasteiger partial charge is 0.301 e. The third-order valence-electron chi connectivity index (χ3n) is 2.45. The van der Waals surface area contributed by atoms with E-state index in [4.69, 9.17) is 0 Å². The van der Waals surface area contributed by atoms with Gasteiger partial charge in [0.1, 0.15) is 10.6 Å². The van der Waals surface area contributed by atoms with Crippen molar-refractivity contribution in [2.24, 2.45) is 0 Å². The lowest BCUT2D eigenvalue weighted by molar-refractivity contribution is -0.109. The second-order valence-corrected chi connectivity index (χ2v) is 6.36. The zero-order valence-corrected chi connectivity index (χ0v) is 11.8. The van der Waals surface area contributed by atoms with E-state index in [2.05, 4.69) is 34.3 Å². The van der Waals surface area contributed by atoms with Crippen LogP contribution in [0.25, 0.3) is 0 Å². The summed E-state index contributed by atoms with van der Waals surface area (Å²) in [6.45, 7) is 5.98. The highest BCUT2D eigenvalue weighted by atomic mass is 79.9. The van der Waals surface area contributed by atoms with Crippen LogP contribution in [0.4, 0.5) is 0 Å². The minimum atomic E-state index is -0.571. The lowest BCUT2D eigenvalue weighted by atomic mass is 9.93. The predicted molar refractivity (Wildman–Crippen MR) is 70.0 cm³/mol. The minimum absolute atomic E-state index is 0.571. The average Bonchev–Trinajstić information content (AvgIpc) is 2.16. The van der Waals surface area contributed by atoms with Crippen LogP contribution >= 0.6 is 27.7 Å². The molecule has 0 saturated carbocycles. The zero-order chi connectivity index (χ0) is 11.6. The van der Waals surface area contributed by atoms with Crippen molar-refractivity contribution in [2.45, 2.75) is 30.0 Å². The van der Waals surface area contributed by atoms with E-state index in [1.54, 1.807) is 11.8 Å². The molecule has 0 aliphatic rings. The number of benzene rings is 1. The maximum absolute atomic E-state index is 11.0. The fourth-order valence-electron chi connectivity index (χ4n) is 1.87. The van der Waals surface area contributed by atoms with Gasteiger partial charge in [-0.05, 0) is 55.9 Å². The Kier molecular flexibility index (Phi) is 4.01. The van der Waals surface area contributed by atoms with Gasteiger partial charge in [0.15, 0.2) is 0 Å². The molecule has 0 fully saturated rings. The number of aryl methyl sites for hydroxylation is 2. The second-order valence-electron chi connectivity index (χ2n) is 3.83. The molecule has 0 heterocycles. The Labute approximate surface area is 104 Å². The van der Waals surface area contributed by atoms with Gasteiger partial charge in [-0.1, -0.05) is 15.9 Å². The highest BCUT2D eigenvalue weighted by Crippen LogP contribution is 2.35. The summed E-state index contributed by atoms with van der Waals surface area (Å²) in [7, 11) is 0. The van der Waals surface area contributed by atoms with Gasteiger partial charge >= 0.3 is 0 Å². The van der Waals surface area contributed by atoms with Gasteiger partial charge in [0.25, 0.3) is 0 Å². The van der Waals surface area contributed by atoms with Gasteiger partial charge in [0.2, 0.25) is 0 Å². The molecule has 0 spiro atoms. The summed E-state index contributed by atoms with van der Waals surface area (Å²) >= 11 is 5.18. The van der Waals surface area contributed by atoms with Crippen LogP contribution in [0.15, 0.2) is 17.0 Å². The van der Waals surface area contributed by atoms with Gasteiger partial charge in [-0.3, -0.25) is 0 Å². The molecule has 0 amide bonds. The summed E-state index contributed by atoms with van der Waals surface area (Å²) in [6.07, 6.45) is 3.00. The van der Waals surface area contributed by atoms with E-state index < -0.39 is 4.32 Å². The first kappa shape index (κ1) is 12.8. The van der Waals surface area contributed by atoms with Crippen molar-refractivity contribution < 1.29 is 4.79 Å². The van der Waals surface area contributed by atoms with Gasteiger partial charge in [0.05, 0.1) is 0 Å². The number of hydrogen-bond acceptors (Lipinski definition) is 2. The molecule has 82 valence electrons. The molecule has 3 heteroatoms. The molecule has 15 heavy (non-hydrogen) atoms. The number of rotatable bonds is 3. The predicted octanol–water partition coefficient (Wildman–Crippen LogP) is 3.83. The standard InChI is InChI=1S/C12H15BrOS/c1-8-5-10(15-4)6-9(2)11(8)12(3,13)7-14/h5-7H,1-4H3. The van der Waals surface area contributed by atoms with Crippen LogP contribution in [0.3, 0.4) is 0 Å². The third-order valence-corrected chi connectivity index (χ3v) is 3.74. The van der Waals surface area contributed by atoms with E-state index in [-0.39, 0.29) is 0 Å². The Morgan fingerprint density at radius 2 is 1.80 bits per heavy atom. The minimum Gasteiger partial charge on any atom is -0.301 e. The molecule has 1 aromatic carbocycles. The van der Waals surface area contributed by atoms with Crippen LogP contribution in [-0.2, 0) is 9.12 Å². The quantitative estimate of drug-likeness (QED) is 0.477. The number of hydrogen-bond donors (Lipinski definition) is 0. The highest BCUT2D eigenvalue weighted by Gasteiger charge is 2.26. The van der Waals surface area contributed by atoms with Crippen LogP contribution in [0.5, 0.6) is 0 Å². The van der Waals surface area contributed by atoms with E-state index in [0.717, 1.165) is 23.0 Å². The number of alkyl halides is 1. The van der Waals surface area contributed by atoms with Crippen LogP contribution in [0.2, 0.25) is 0 Å². The number of thioether (sulfide) groups is 1. The van der Waals surface area contributed by atoms with E-state index in [1.165, 1.54) is 4.90 Å². The Bertz CT molecular complexity index is 362. The van der Waals surface area contributed by atoms with E-state index >= 15 is 0 Å². The fourth-order valence-corrected chi connectivity index (χ4v) is 3.09. The summed E-state index contributed by atoms with van der Waals surface area (Å²) in [4.78, 5) is 12.3. The molecule has 1 atom stereocenters. The van der Waals surface area contributed by atoms with Gasteiger partial charge < -0.3 is 4.79 Å². The average molecular weight is 287 g/mol. The van der Waals surface area contributed by atoms with Crippen LogP contribution in [-0.4, -0.2) is 12.5 Å². The van der Waals surface area contributed by atoms with Crippen LogP contribution in [0.1, 0.15) is 23.6 Å². The molecule has 0 saturated heterocycles. The number of carbonyl (C=O) groups is 1. The SMILES string of the molecule is CSc1cc(C)c(C(C)(Br)C=O)c(C)c1. The van der Waals surface area contributed by atoms with Crippen molar-refractivity contribution in [1.82, 2.24) is 0 Å². The molecular weight excluding hydrogens is 272 g/mol. The van der Waals surface area contributed by atoms with Gasteiger partial charge in [0, 0.05) is 4.90 Å². The highest BCUT2D eigenvalue weighted by molar-refractivity contribution is 9.10. The van der Waals surface area contributed by atoms with Crippen molar-refractivity contribution in [1.29, 1.82) is 0 Å². The molecule has 1 nitrogen and oxygen atoms in total. The zero-order valence-electron chi connectivity index (χ0n) is 9.43. The summed E-state index contributed by atoms with van der Waals surface area (Å²) in [6, 6.07) is 4.24. The molecule has 0 aliphatic heterocycles. The smallest absolute Gasteiger partial charge is 0.140 e. The molecule has 0 radical (unpaired) electrons. The molecule has 0 aliphatic carbocycles. The third kappa shape index (κ3) is 2.64. The first-order valence-corrected chi connectivity index (χ1v) is 6.75. The lowest BCUT2D eigenvalue weighted by Crippen LogP contribution is -2.18. The molecule has 1 unspecified atom stereocenters. The summed E-state index contributed by atoms with van der Waals surface area (Å²) in [5.41, 5.74) is 3.40. The molecule has 1 rings (SSSR count). The van der Waals surface area contributed by atoms with E-state index in [0.29, 0.717) is 0 Å². The molecule has 1 aromatic rings. The normalized spacial score (nSPS) is 14.7. The Morgan fingerprint density at radius 1 is 1.33 bits per heavy atom. The van der Waals surface area contributed by atoms with Crippen molar-refractivity contribution in [3.8, 4) is 0 Å². The first-order chi connectivity index (χ1) is 6.92. The lowest BCUT2D eigenvalue weighted by Gasteiger charge is -2.21. The Morgan fingerprint density at radius 3 is 2.13 bits per heavy atom. The number of carbonyl (C=O) groups excluding carboxylic acids is 1. The molecular formula is C12H15BrOS.